The number of aromatic nitrogens is 2. The van der Waals surface area contributed by atoms with E-state index in [0.29, 0.717) is 12.1 Å². The molecule has 4 nitrogen and oxygen atoms in total. The summed E-state index contributed by atoms with van der Waals surface area (Å²) < 4.78 is 5.90. The predicted molar refractivity (Wildman–Crippen MR) is 73.2 cm³/mol. The van der Waals surface area contributed by atoms with Gasteiger partial charge in [-0.15, -0.1) is 11.8 Å². The zero-order chi connectivity index (χ0) is 12.4. The van der Waals surface area contributed by atoms with Gasteiger partial charge in [0.05, 0.1) is 31.1 Å². The van der Waals surface area contributed by atoms with Gasteiger partial charge in [-0.05, 0) is 19.1 Å². The standard InChI is InChI=1S/C13H19N3OS/c1-18-13-9-14-8-12(15-13)16-6-7-17-11-5-3-2-4-10(11)16/h8-11H,2-7H2,1H3. The molecule has 1 saturated carbocycles. The van der Waals surface area contributed by atoms with Crippen LogP contribution in [0.2, 0.25) is 0 Å². The zero-order valence-electron chi connectivity index (χ0n) is 10.7. The zero-order valence-corrected chi connectivity index (χ0v) is 11.5. The van der Waals surface area contributed by atoms with Gasteiger partial charge in [-0.2, -0.15) is 0 Å². The van der Waals surface area contributed by atoms with Crippen LogP contribution in [0.15, 0.2) is 17.4 Å². The molecule has 18 heavy (non-hydrogen) atoms. The van der Waals surface area contributed by atoms with Crippen LogP contribution >= 0.6 is 11.8 Å². The first-order chi connectivity index (χ1) is 8.88. The van der Waals surface area contributed by atoms with Crippen LogP contribution in [0.1, 0.15) is 25.7 Å². The lowest BCUT2D eigenvalue weighted by Gasteiger charge is -2.44. The molecule has 0 radical (unpaired) electrons. The third-order valence-corrected chi connectivity index (χ3v) is 4.45. The Morgan fingerprint density at radius 2 is 2.22 bits per heavy atom. The first-order valence-corrected chi connectivity index (χ1v) is 7.85. The van der Waals surface area contributed by atoms with E-state index in [1.54, 1.807) is 11.8 Å². The Morgan fingerprint density at radius 1 is 1.33 bits per heavy atom. The second-order valence-electron chi connectivity index (χ2n) is 4.87. The molecule has 1 aromatic rings. The molecule has 2 heterocycles. The molecule has 1 aliphatic heterocycles. The van der Waals surface area contributed by atoms with Crippen molar-refractivity contribution in [1.82, 2.24) is 9.97 Å². The minimum atomic E-state index is 0.396. The summed E-state index contributed by atoms with van der Waals surface area (Å²) in [5.41, 5.74) is 0. The second kappa shape index (κ2) is 5.45. The number of nitrogens with zero attached hydrogens (tertiary/aromatic N) is 3. The Bertz CT molecular complexity index is 413. The van der Waals surface area contributed by atoms with Gasteiger partial charge in [-0.25, -0.2) is 4.98 Å². The van der Waals surface area contributed by atoms with Crippen molar-refractivity contribution in [3.05, 3.63) is 12.4 Å². The predicted octanol–water partition coefficient (Wildman–Crippen LogP) is 2.35. The normalized spacial score (nSPS) is 27.9. The highest BCUT2D eigenvalue weighted by atomic mass is 32.2. The molecule has 2 aliphatic rings. The fraction of sp³-hybridized carbons (Fsp3) is 0.692. The fourth-order valence-corrected chi connectivity index (χ4v) is 3.31. The van der Waals surface area contributed by atoms with Crippen LogP contribution in [0, 0.1) is 0 Å². The van der Waals surface area contributed by atoms with Crippen molar-refractivity contribution in [3.8, 4) is 0 Å². The van der Waals surface area contributed by atoms with E-state index in [9.17, 15) is 0 Å². The van der Waals surface area contributed by atoms with Crippen LogP contribution in [0.4, 0.5) is 5.82 Å². The van der Waals surface area contributed by atoms with E-state index in [-0.39, 0.29) is 0 Å². The molecule has 5 heteroatoms. The average molecular weight is 265 g/mol. The van der Waals surface area contributed by atoms with E-state index in [4.69, 9.17) is 4.74 Å². The van der Waals surface area contributed by atoms with Gasteiger partial charge in [0, 0.05) is 6.54 Å². The van der Waals surface area contributed by atoms with Crippen LogP contribution in [-0.2, 0) is 4.74 Å². The van der Waals surface area contributed by atoms with E-state index in [2.05, 4.69) is 14.9 Å². The van der Waals surface area contributed by atoms with Gasteiger partial charge in [0.15, 0.2) is 0 Å². The fourth-order valence-electron chi connectivity index (χ4n) is 2.96. The van der Waals surface area contributed by atoms with Gasteiger partial charge in [0.1, 0.15) is 10.8 Å². The van der Waals surface area contributed by atoms with Crippen LogP contribution in [0.3, 0.4) is 0 Å². The number of hydrogen-bond donors (Lipinski definition) is 0. The molecule has 2 fully saturated rings. The smallest absolute Gasteiger partial charge is 0.148 e. The van der Waals surface area contributed by atoms with Gasteiger partial charge in [-0.1, -0.05) is 12.8 Å². The van der Waals surface area contributed by atoms with Crippen LogP contribution in [0.25, 0.3) is 0 Å². The van der Waals surface area contributed by atoms with Gasteiger partial charge in [0.25, 0.3) is 0 Å². The minimum Gasteiger partial charge on any atom is -0.374 e. The molecular formula is C13H19N3OS. The SMILES string of the molecule is CSc1cncc(N2CCOC3CCCCC32)n1. The molecule has 1 saturated heterocycles. The van der Waals surface area contributed by atoms with E-state index in [1.165, 1.54) is 25.7 Å². The number of hydrogen-bond acceptors (Lipinski definition) is 5. The Kier molecular flexibility index (Phi) is 3.70. The average Bonchev–Trinajstić information content (AvgIpc) is 2.47. The van der Waals surface area contributed by atoms with Crippen molar-refractivity contribution in [3.63, 3.8) is 0 Å². The third kappa shape index (κ3) is 2.34. The molecule has 1 aliphatic carbocycles. The Balaban J connectivity index is 1.84. The summed E-state index contributed by atoms with van der Waals surface area (Å²) in [6.45, 7) is 1.75. The first-order valence-electron chi connectivity index (χ1n) is 6.63. The number of morpholine rings is 1. The van der Waals surface area contributed by atoms with E-state index in [0.717, 1.165) is 24.0 Å². The highest BCUT2D eigenvalue weighted by Crippen LogP contribution is 2.31. The molecule has 0 amide bonds. The summed E-state index contributed by atoms with van der Waals surface area (Å²) >= 11 is 1.64. The number of fused-ring (bicyclic) bond motifs is 1. The summed E-state index contributed by atoms with van der Waals surface area (Å²) in [4.78, 5) is 11.4. The van der Waals surface area contributed by atoms with E-state index in [1.807, 2.05) is 18.6 Å². The highest BCUT2D eigenvalue weighted by Gasteiger charge is 2.34. The van der Waals surface area contributed by atoms with Crippen molar-refractivity contribution >= 4 is 17.6 Å². The Labute approximate surface area is 112 Å². The van der Waals surface area contributed by atoms with Crippen molar-refractivity contribution < 1.29 is 4.74 Å². The summed E-state index contributed by atoms with van der Waals surface area (Å²) in [5.74, 6) is 1.02. The van der Waals surface area contributed by atoms with Gasteiger partial charge < -0.3 is 9.64 Å². The lowest BCUT2D eigenvalue weighted by molar-refractivity contribution is -0.00905. The molecular weight excluding hydrogens is 246 g/mol. The quantitative estimate of drug-likeness (QED) is 0.767. The van der Waals surface area contributed by atoms with Crippen LogP contribution in [-0.4, -0.2) is 41.5 Å². The third-order valence-electron chi connectivity index (χ3n) is 3.84. The molecule has 0 bridgehead atoms. The highest BCUT2D eigenvalue weighted by molar-refractivity contribution is 7.98. The topological polar surface area (TPSA) is 38.2 Å². The molecule has 3 rings (SSSR count). The van der Waals surface area contributed by atoms with Gasteiger partial charge >= 0.3 is 0 Å². The second-order valence-corrected chi connectivity index (χ2v) is 5.70. The number of ether oxygens (including phenoxy) is 1. The summed E-state index contributed by atoms with van der Waals surface area (Å²) in [5, 5.41) is 0.992. The minimum absolute atomic E-state index is 0.396. The maximum Gasteiger partial charge on any atom is 0.148 e. The van der Waals surface area contributed by atoms with Crippen LogP contribution in [0.5, 0.6) is 0 Å². The molecule has 0 aromatic carbocycles. The summed E-state index contributed by atoms with van der Waals surface area (Å²) in [6.07, 6.45) is 11.2. The summed E-state index contributed by atoms with van der Waals surface area (Å²) in [7, 11) is 0. The van der Waals surface area contributed by atoms with E-state index < -0.39 is 0 Å². The Hall–Kier alpha value is -0.810. The van der Waals surface area contributed by atoms with Crippen molar-refractivity contribution in [2.24, 2.45) is 0 Å². The van der Waals surface area contributed by atoms with Crippen molar-refractivity contribution in [2.75, 3.05) is 24.3 Å². The Morgan fingerprint density at radius 3 is 3.11 bits per heavy atom. The monoisotopic (exact) mass is 265 g/mol. The molecule has 98 valence electrons. The molecule has 1 aromatic heterocycles. The number of anilines is 1. The molecule has 2 atom stereocenters. The largest absolute Gasteiger partial charge is 0.374 e. The maximum atomic E-state index is 5.90. The summed E-state index contributed by atoms with van der Waals surface area (Å²) in [6, 6.07) is 0.499. The molecule has 0 N–H and O–H groups in total. The number of thioether (sulfide) groups is 1. The van der Waals surface area contributed by atoms with Gasteiger partial charge in [-0.3, -0.25) is 4.98 Å². The van der Waals surface area contributed by atoms with Crippen molar-refractivity contribution in [1.29, 1.82) is 0 Å². The molecule has 0 spiro atoms. The first kappa shape index (κ1) is 12.2. The lowest BCUT2D eigenvalue weighted by atomic mass is 9.90. The van der Waals surface area contributed by atoms with Gasteiger partial charge in [0.2, 0.25) is 0 Å². The van der Waals surface area contributed by atoms with Crippen LogP contribution < -0.4 is 4.90 Å². The lowest BCUT2D eigenvalue weighted by Crippen LogP contribution is -2.53. The van der Waals surface area contributed by atoms with E-state index >= 15 is 0 Å². The maximum absolute atomic E-state index is 5.90. The number of rotatable bonds is 2. The molecule has 2 unspecified atom stereocenters. The van der Waals surface area contributed by atoms with Crippen molar-refractivity contribution in [2.45, 2.75) is 42.9 Å².